The molecule has 31 heavy (non-hydrogen) atoms. The zero-order valence-corrected chi connectivity index (χ0v) is 20.6. The van der Waals surface area contributed by atoms with Crippen molar-refractivity contribution in [3.63, 3.8) is 0 Å². The molecular weight excluding hydrogens is 388 g/mol. The summed E-state index contributed by atoms with van der Waals surface area (Å²) in [6.45, 7) is 5.30. The molecule has 0 aliphatic carbocycles. The van der Waals surface area contributed by atoms with Crippen LogP contribution in [0.4, 0.5) is 0 Å². The van der Waals surface area contributed by atoms with Gasteiger partial charge in [-0.05, 0) is 12.8 Å². The quantitative estimate of drug-likeness (QED) is 0.0919. The van der Waals surface area contributed by atoms with Crippen molar-refractivity contribution in [1.82, 2.24) is 0 Å². The Morgan fingerprint density at radius 3 is 1.00 bits per heavy atom. The molecule has 4 heteroatoms. The predicted molar refractivity (Wildman–Crippen MR) is 130 cm³/mol. The number of hydrogen-bond donors (Lipinski definition) is 0. The lowest BCUT2D eigenvalue weighted by molar-refractivity contribution is -0.140. The summed E-state index contributed by atoms with van der Waals surface area (Å²) >= 11 is 0. The molecule has 0 radical (unpaired) electrons. The number of hydrogen-bond acceptors (Lipinski definition) is 4. The van der Waals surface area contributed by atoms with Gasteiger partial charge >= 0.3 is 11.9 Å². The minimum Gasteiger partial charge on any atom is -0.463 e. The largest absolute Gasteiger partial charge is 0.463 e. The number of rotatable bonds is 23. The van der Waals surface area contributed by atoms with Crippen molar-refractivity contribution in [2.75, 3.05) is 13.2 Å². The Labute approximate surface area is 192 Å². The van der Waals surface area contributed by atoms with Crippen LogP contribution in [0.15, 0.2) is 12.2 Å². The second-order valence-electron chi connectivity index (χ2n) is 8.68. The third kappa shape index (κ3) is 24.8. The Kier molecular flexibility index (Phi) is 23.9. The van der Waals surface area contributed by atoms with Crippen LogP contribution in [0.2, 0.25) is 0 Å². The Bertz CT molecular complexity index is 431. The molecule has 0 N–H and O–H groups in total. The van der Waals surface area contributed by atoms with Crippen LogP contribution in [0.1, 0.15) is 136 Å². The van der Waals surface area contributed by atoms with Gasteiger partial charge in [-0.25, -0.2) is 9.59 Å². The number of ether oxygens (including phenoxy) is 2. The van der Waals surface area contributed by atoms with Gasteiger partial charge in [0.25, 0.3) is 0 Å². The van der Waals surface area contributed by atoms with E-state index >= 15 is 0 Å². The van der Waals surface area contributed by atoms with Crippen LogP contribution in [-0.4, -0.2) is 25.2 Å². The molecule has 0 aromatic carbocycles. The maximum absolute atomic E-state index is 11.6. The molecule has 0 saturated heterocycles. The molecule has 0 fully saturated rings. The highest BCUT2D eigenvalue weighted by molar-refractivity contribution is 5.91. The highest BCUT2D eigenvalue weighted by Crippen LogP contribution is 2.12. The minimum absolute atomic E-state index is 0.420. The fraction of sp³-hybridized carbons (Fsp3) is 0.852. The first-order chi connectivity index (χ1) is 15.2. The summed E-state index contributed by atoms with van der Waals surface area (Å²) in [5.41, 5.74) is 0. The lowest BCUT2D eigenvalue weighted by atomic mass is 10.0. The van der Waals surface area contributed by atoms with E-state index in [9.17, 15) is 9.59 Å². The van der Waals surface area contributed by atoms with E-state index in [1.165, 1.54) is 108 Å². The maximum atomic E-state index is 11.6. The summed E-state index contributed by atoms with van der Waals surface area (Å²) in [6, 6.07) is 0. The maximum Gasteiger partial charge on any atom is 0.331 e. The first-order valence-electron chi connectivity index (χ1n) is 13.2. The Morgan fingerprint density at radius 1 is 0.452 bits per heavy atom. The van der Waals surface area contributed by atoms with Gasteiger partial charge in [-0.15, -0.1) is 0 Å². The second-order valence-corrected chi connectivity index (χ2v) is 8.68. The zero-order valence-electron chi connectivity index (χ0n) is 20.6. The number of carbonyl (C=O) groups excluding carboxylic acids is 2. The average Bonchev–Trinajstić information content (AvgIpc) is 2.77. The molecule has 4 nitrogen and oxygen atoms in total. The molecule has 0 spiro atoms. The van der Waals surface area contributed by atoms with Gasteiger partial charge in [0.15, 0.2) is 0 Å². The molecule has 0 atom stereocenters. The highest BCUT2D eigenvalue weighted by atomic mass is 16.5. The van der Waals surface area contributed by atoms with Crippen molar-refractivity contribution in [3.8, 4) is 0 Å². The summed E-state index contributed by atoms with van der Waals surface area (Å²) < 4.78 is 10.2. The summed E-state index contributed by atoms with van der Waals surface area (Å²) in [7, 11) is 0. The van der Waals surface area contributed by atoms with Crippen molar-refractivity contribution in [2.45, 2.75) is 136 Å². The van der Waals surface area contributed by atoms with Crippen LogP contribution >= 0.6 is 0 Å². The summed E-state index contributed by atoms with van der Waals surface area (Å²) in [6.07, 6.45) is 26.0. The number of esters is 2. The van der Waals surface area contributed by atoms with Crippen molar-refractivity contribution in [1.29, 1.82) is 0 Å². The Morgan fingerprint density at radius 2 is 0.710 bits per heavy atom. The summed E-state index contributed by atoms with van der Waals surface area (Å²) in [5.74, 6) is -0.929. The lowest BCUT2D eigenvalue weighted by Crippen LogP contribution is -2.06. The zero-order chi connectivity index (χ0) is 22.8. The monoisotopic (exact) mass is 438 g/mol. The Balaban J connectivity index is 3.37. The van der Waals surface area contributed by atoms with E-state index in [0.717, 1.165) is 25.7 Å². The van der Waals surface area contributed by atoms with Gasteiger partial charge in [-0.1, -0.05) is 123 Å². The van der Waals surface area contributed by atoms with Crippen LogP contribution in [0.5, 0.6) is 0 Å². The topological polar surface area (TPSA) is 52.6 Å². The van der Waals surface area contributed by atoms with Crippen LogP contribution < -0.4 is 0 Å². The molecule has 0 rings (SSSR count). The van der Waals surface area contributed by atoms with E-state index in [-0.39, 0.29) is 0 Å². The van der Waals surface area contributed by atoms with Gasteiger partial charge in [-0.2, -0.15) is 0 Å². The van der Waals surface area contributed by atoms with E-state index < -0.39 is 11.9 Å². The molecule has 0 unspecified atom stereocenters. The SMILES string of the molecule is CCCCCCCCCCCCCCCOC(=O)/C=C/C(=O)OCCCCCCCC. The smallest absolute Gasteiger partial charge is 0.331 e. The third-order valence-electron chi connectivity index (χ3n) is 5.59. The van der Waals surface area contributed by atoms with E-state index in [1.54, 1.807) is 0 Å². The van der Waals surface area contributed by atoms with Gasteiger partial charge < -0.3 is 9.47 Å². The molecule has 0 aromatic heterocycles. The molecule has 0 aromatic rings. The van der Waals surface area contributed by atoms with E-state index in [2.05, 4.69) is 13.8 Å². The second kappa shape index (κ2) is 24.9. The first kappa shape index (κ1) is 29.7. The third-order valence-corrected chi connectivity index (χ3v) is 5.59. The predicted octanol–water partition coefficient (Wildman–Crippen LogP) is 8.08. The van der Waals surface area contributed by atoms with Crippen molar-refractivity contribution in [3.05, 3.63) is 12.2 Å². The number of unbranched alkanes of at least 4 members (excludes halogenated alkanes) is 17. The average molecular weight is 439 g/mol. The number of carbonyl (C=O) groups is 2. The van der Waals surface area contributed by atoms with Crippen molar-refractivity contribution in [2.24, 2.45) is 0 Å². The molecule has 0 saturated carbocycles. The summed E-state index contributed by atoms with van der Waals surface area (Å²) in [4.78, 5) is 23.2. The molecular formula is C27H50O4. The molecule has 0 amide bonds. The molecule has 182 valence electrons. The normalized spacial score (nSPS) is 11.2. The molecule has 0 aliphatic heterocycles. The van der Waals surface area contributed by atoms with Gasteiger partial charge in [0.05, 0.1) is 13.2 Å². The van der Waals surface area contributed by atoms with E-state index in [4.69, 9.17) is 9.47 Å². The van der Waals surface area contributed by atoms with Crippen LogP contribution in [0.25, 0.3) is 0 Å². The molecule has 0 heterocycles. The van der Waals surface area contributed by atoms with E-state index in [0.29, 0.717) is 13.2 Å². The van der Waals surface area contributed by atoms with Gasteiger partial charge in [0.2, 0.25) is 0 Å². The summed E-state index contributed by atoms with van der Waals surface area (Å²) in [5, 5.41) is 0. The van der Waals surface area contributed by atoms with Crippen LogP contribution in [0, 0.1) is 0 Å². The van der Waals surface area contributed by atoms with Crippen molar-refractivity contribution >= 4 is 11.9 Å². The minimum atomic E-state index is -0.466. The Hall–Kier alpha value is -1.32. The first-order valence-corrected chi connectivity index (χ1v) is 13.2. The standard InChI is InChI=1S/C27H50O4/c1-3-5-7-9-11-12-13-14-15-16-17-19-21-25-31-27(29)23-22-26(28)30-24-20-18-10-8-6-4-2/h22-23H,3-21,24-25H2,1-2H3/b23-22+. The lowest BCUT2D eigenvalue weighted by Gasteiger charge is -2.04. The van der Waals surface area contributed by atoms with Gasteiger partial charge in [-0.3, -0.25) is 0 Å². The highest BCUT2D eigenvalue weighted by Gasteiger charge is 2.01. The molecule has 0 bridgehead atoms. The fourth-order valence-electron chi connectivity index (χ4n) is 3.58. The van der Waals surface area contributed by atoms with Crippen LogP contribution in [0.3, 0.4) is 0 Å². The van der Waals surface area contributed by atoms with Gasteiger partial charge in [0.1, 0.15) is 0 Å². The van der Waals surface area contributed by atoms with Gasteiger partial charge in [0, 0.05) is 12.2 Å². The van der Waals surface area contributed by atoms with Crippen LogP contribution in [-0.2, 0) is 19.1 Å². The van der Waals surface area contributed by atoms with E-state index in [1.807, 2.05) is 0 Å². The molecule has 0 aliphatic rings. The van der Waals surface area contributed by atoms with Crippen molar-refractivity contribution < 1.29 is 19.1 Å². The fourth-order valence-corrected chi connectivity index (χ4v) is 3.58.